The predicted molar refractivity (Wildman–Crippen MR) is 121 cm³/mol. The van der Waals surface area contributed by atoms with Gasteiger partial charge in [-0.2, -0.15) is 18.3 Å². The van der Waals surface area contributed by atoms with Crippen LogP contribution >= 0.6 is 0 Å². The second-order valence-electron chi connectivity index (χ2n) is 9.28. The van der Waals surface area contributed by atoms with Crippen LogP contribution in [0.5, 0.6) is 0 Å². The van der Waals surface area contributed by atoms with Crippen molar-refractivity contribution in [3.63, 3.8) is 0 Å². The minimum atomic E-state index is -4.48. The number of carbonyl (C=O) groups is 1. The Labute approximate surface area is 203 Å². The fraction of sp³-hybridized carbons (Fsp3) is 0.360. The summed E-state index contributed by atoms with van der Waals surface area (Å²) in [5.41, 5.74) is 1.85. The number of pyridine rings is 1. The van der Waals surface area contributed by atoms with Gasteiger partial charge in [0.2, 0.25) is 0 Å². The van der Waals surface area contributed by atoms with Crippen molar-refractivity contribution in [2.75, 3.05) is 13.1 Å². The summed E-state index contributed by atoms with van der Waals surface area (Å²) in [5.74, 6) is -0.542. The van der Waals surface area contributed by atoms with Crippen molar-refractivity contribution in [2.45, 2.75) is 44.2 Å². The highest BCUT2D eigenvalue weighted by atomic mass is 19.4. The quantitative estimate of drug-likeness (QED) is 0.388. The van der Waals surface area contributed by atoms with Gasteiger partial charge < -0.3 is 4.90 Å². The number of aromatic nitrogens is 5. The number of hydrogen-bond donors (Lipinski definition) is 0. The number of carbonyl (C=O) groups excluding carboxylic acids is 1. The van der Waals surface area contributed by atoms with Crippen LogP contribution in [0.2, 0.25) is 0 Å². The molecule has 1 atom stereocenters. The Morgan fingerprint density at radius 1 is 1.03 bits per heavy atom. The Morgan fingerprint density at radius 2 is 1.86 bits per heavy atom. The molecule has 1 unspecified atom stereocenters. The molecule has 4 aromatic rings. The minimum absolute atomic E-state index is 0.252. The van der Waals surface area contributed by atoms with E-state index in [-0.39, 0.29) is 18.4 Å². The molecule has 1 fully saturated rings. The van der Waals surface area contributed by atoms with E-state index in [0.29, 0.717) is 55.1 Å². The lowest BCUT2D eigenvalue weighted by molar-refractivity contribution is -0.137. The van der Waals surface area contributed by atoms with Crippen LogP contribution in [-0.2, 0) is 19.0 Å². The van der Waals surface area contributed by atoms with Crippen LogP contribution in [0.1, 0.15) is 58.3 Å². The van der Waals surface area contributed by atoms with Crippen LogP contribution in [0.4, 0.5) is 17.6 Å². The Kier molecular flexibility index (Phi) is 5.31. The second kappa shape index (κ2) is 8.42. The molecule has 4 heterocycles. The molecule has 1 saturated heterocycles. The van der Waals surface area contributed by atoms with E-state index >= 15 is 0 Å². The number of hydrogen-bond acceptors (Lipinski definition) is 4. The van der Waals surface area contributed by atoms with Crippen LogP contribution in [0, 0.1) is 5.82 Å². The van der Waals surface area contributed by atoms with Crippen molar-refractivity contribution in [1.82, 2.24) is 29.3 Å². The van der Waals surface area contributed by atoms with Gasteiger partial charge in [-0.15, -0.1) is 10.2 Å². The van der Waals surface area contributed by atoms with Crippen molar-refractivity contribution in [2.24, 2.45) is 0 Å². The number of likely N-dealkylation sites (tertiary alicyclic amines) is 1. The highest BCUT2D eigenvalue weighted by molar-refractivity contribution is 5.94. The van der Waals surface area contributed by atoms with Gasteiger partial charge in [-0.05, 0) is 56.4 Å². The monoisotopic (exact) mass is 498 g/mol. The number of nitrogens with zero attached hydrogens (tertiary/aromatic N) is 6. The molecular formula is C25H22F4N6O. The summed E-state index contributed by atoms with van der Waals surface area (Å²) in [6.07, 6.45) is 0.119. The molecule has 1 amide bonds. The van der Waals surface area contributed by atoms with E-state index in [0.717, 1.165) is 29.9 Å². The van der Waals surface area contributed by atoms with Gasteiger partial charge in [-0.1, -0.05) is 12.1 Å². The summed E-state index contributed by atoms with van der Waals surface area (Å²) in [6.45, 7) is 0.790. The van der Waals surface area contributed by atoms with Gasteiger partial charge in [0.1, 0.15) is 17.3 Å². The molecule has 11 heteroatoms. The van der Waals surface area contributed by atoms with Crippen LogP contribution < -0.4 is 0 Å². The lowest BCUT2D eigenvalue weighted by atomic mass is 9.96. The lowest BCUT2D eigenvalue weighted by Crippen LogP contribution is -2.40. The van der Waals surface area contributed by atoms with E-state index in [1.807, 2.05) is 0 Å². The summed E-state index contributed by atoms with van der Waals surface area (Å²) in [5, 5.41) is 12.7. The van der Waals surface area contributed by atoms with Crippen molar-refractivity contribution in [3.05, 3.63) is 76.8 Å². The highest BCUT2D eigenvalue weighted by Crippen LogP contribution is 2.33. The maximum atomic E-state index is 14.5. The number of rotatable bonds is 3. The number of halogens is 4. The summed E-state index contributed by atoms with van der Waals surface area (Å²) >= 11 is 0. The molecule has 2 aliphatic rings. The Balaban J connectivity index is 1.31. The van der Waals surface area contributed by atoms with Crippen molar-refractivity contribution in [3.8, 4) is 5.69 Å². The third-order valence-electron chi connectivity index (χ3n) is 7.04. The standard InChI is InChI=1S/C25H22F4N6O/c26-18-7-1-2-8-20(18)35-19-9-3-6-17(19)22(32-35)24(36)33-12-4-5-15(13-33)23-31-30-21-11-10-16(14-34(21)23)25(27,28)29/h1-2,7-8,10-11,14-15H,3-6,9,12-13H2. The van der Waals surface area contributed by atoms with Crippen LogP contribution in [0.25, 0.3) is 11.3 Å². The third-order valence-corrected chi connectivity index (χ3v) is 7.04. The predicted octanol–water partition coefficient (Wildman–Crippen LogP) is 4.58. The SMILES string of the molecule is O=C(c1nn(-c2ccccc2F)c2c1CCC2)N1CCCC(c2nnc3ccc(C(F)(F)F)cn23)C1. The largest absolute Gasteiger partial charge is 0.417 e. The molecule has 0 radical (unpaired) electrons. The first-order chi connectivity index (χ1) is 17.3. The minimum Gasteiger partial charge on any atom is -0.337 e. The second-order valence-corrected chi connectivity index (χ2v) is 9.28. The molecule has 0 N–H and O–H groups in total. The number of fused-ring (bicyclic) bond motifs is 2. The summed E-state index contributed by atoms with van der Waals surface area (Å²) in [4.78, 5) is 15.3. The Bertz CT molecular complexity index is 1470. The van der Waals surface area contributed by atoms with Crippen LogP contribution in [-0.4, -0.2) is 48.3 Å². The first kappa shape index (κ1) is 22.7. The molecule has 3 aromatic heterocycles. The van der Waals surface area contributed by atoms with Gasteiger partial charge in [0.25, 0.3) is 5.91 Å². The molecule has 6 rings (SSSR count). The topological polar surface area (TPSA) is 68.3 Å². The highest BCUT2D eigenvalue weighted by Gasteiger charge is 2.35. The molecule has 0 saturated carbocycles. The number of amides is 1. The molecule has 7 nitrogen and oxygen atoms in total. The number of benzene rings is 1. The van der Waals surface area contributed by atoms with Gasteiger partial charge in [0.05, 0.1) is 5.56 Å². The third kappa shape index (κ3) is 3.73. The van der Waals surface area contributed by atoms with E-state index in [2.05, 4.69) is 15.3 Å². The number of para-hydroxylation sites is 1. The maximum Gasteiger partial charge on any atom is 0.417 e. The average Bonchev–Trinajstić information content (AvgIpc) is 3.59. The molecular weight excluding hydrogens is 476 g/mol. The number of alkyl halides is 3. The van der Waals surface area contributed by atoms with Crippen molar-refractivity contribution < 1.29 is 22.4 Å². The normalized spacial score (nSPS) is 18.1. The van der Waals surface area contributed by atoms with Crippen molar-refractivity contribution in [1.29, 1.82) is 0 Å². The first-order valence-corrected chi connectivity index (χ1v) is 11.9. The Hall–Kier alpha value is -3.76. The fourth-order valence-electron chi connectivity index (χ4n) is 5.31. The average molecular weight is 498 g/mol. The number of piperidine rings is 1. The van der Waals surface area contributed by atoms with Crippen molar-refractivity contribution >= 4 is 11.6 Å². The molecule has 0 bridgehead atoms. The van der Waals surface area contributed by atoms with E-state index in [1.165, 1.54) is 21.2 Å². The molecule has 36 heavy (non-hydrogen) atoms. The molecule has 0 spiro atoms. The summed E-state index contributed by atoms with van der Waals surface area (Å²) in [6, 6.07) is 8.61. The molecule has 1 aliphatic heterocycles. The molecule has 1 aromatic carbocycles. The summed E-state index contributed by atoms with van der Waals surface area (Å²) < 4.78 is 57.2. The first-order valence-electron chi connectivity index (χ1n) is 11.9. The zero-order chi connectivity index (χ0) is 25.0. The zero-order valence-electron chi connectivity index (χ0n) is 19.2. The maximum absolute atomic E-state index is 14.5. The molecule has 186 valence electrons. The van der Waals surface area contributed by atoms with Crippen LogP contribution in [0.15, 0.2) is 42.6 Å². The van der Waals surface area contributed by atoms with Gasteiger partial charge >= 0.3 is 6.18 Å². The van der Waals surface area contributed by atoms with Gasteiger partial charge in [-0.25, -0.2) is 9.07 Å². The van der Waals surface area contributed by atoms with Gasteiger partial charge in [0, 0.05) is 36.5 Å². The van der Waals surface area contributed by atoms with Crippen LogP contribution in [0.3, 0.4) is 0 Å². The summed E-state index contributed by atoms with van der Waals surface area (Å²) in [7, 11) is 0. The smallest absolute Gasteiger partial charge is 0.337 e. The Morgan fingerprint density at radius 3 is 2.67 bits per heavy atom. The fourth-order valence-corrected chi connectivity index (χ4v) is 5.31. The van der Waals surface area contributed by atoms with Gasteiger partial charge in [-0.3, -0.25) is 9.20 Å². The van der Waals surface area contributed by atoms with E-state index < -0.39 is 17.6 Å². The molecule has 1 aliphatic carbocycles. The lowest BCUT2D eigenvalue weighted by Gasteiger charge is -2.31. The van der Waals surface area contributed by atoms with E-state index in [1.54, 1.807) is 23.1 Å². The van der Waals surface area contributed by atoms with E-state index in [4.69, 9.17) is 0 Å². The van der Waals surface area contributed by atoms with E-state index in [9.17, 15) is 22.4 Å². The van der Waals surface area contributed by atoms with Gasteiger partial charge in [0.15, 0.2) is 11.3 Å². The zero-order valence-corrected chi connectivity index (χ0v) is 19.2.